The molecule has 0 bridgehead atoms. The summed E-state index contributed by atoms with van der Waals surface area (Å²) in [5.74, 6) is -1.58. The van der Waals surface area contributed by atoms with Crippen LogP contribution in [0.3, 0.4) is 0 Å². The smallest absolute Gasteiger partial charge is 0.416 e. The van der Waals surface area contributed by atoms with E-state index in [-0.39, 0.29) is 12.2 Å². The van der Waals surface area contributed by atoms with Crippen molar-refractivity contribution < 1.29 is 37.3 Å². The second-order valence-electron chi connectivity index (χ2n) is 7.52. The molecule has 0 aliphatic carbocycles. The Morgan fingerprint density at radius 2 is 1.85 bits per heavy atom. The molecular formula is C24H23F3N2O5. The summed E-state index contributed by atoms with van der Waals surface area (Å²) in [5.41, 5.74) is -0.239. The average molecular weight is 476 g/mol. The third-order valence-electron chi connectivity index (χ3n) is 5.16. The quantitative estimate of drug-likeness (QED) is 0.423. The monoisotopic (exact) mass is 476 g/mol. The Labute approximate surface area is 193 Å². The van der Waals surface area contributed by atoms with E-state index in [1.54, 1.807) is 30.5 Å². The van der Waals surface area contributed by atoms with Crippen LogP contribution in [0.25, 0.3) is 0 Å². The van der Waals surface area contributed by atoms with Gasteiger partial charge in [-0.1, -0.05) is 25.1 Å². The van der Waals surface area contributed by atoms with Crippen LogP contribution in [0.1, 0.15) is 57.8 Å². The van der Waals surface area contributed by atoms with Crippen LogP contribution in [-0.4, -0.2) is 34.1 Å². The Morgan fingerprint density at radius 3 is 2.44 bits per heavy atom. The normalized spacial score (nSPS) is 12.3. The molecule has 180 valence electrons. The lowest BCUT2D eigenvalue weighted by atomic mass is 9.96. The molecule has 0 saturated carbocycles. The predicted octanol–water partition coefficient (Wildman–Crippen LogP) is 4.96. The van der Waals surface area contributed by atoms with E-state index in [0.717, 1.165) is 30.8 Å². The van der Waals surface area contributed by atoms with Gasteiger partial charge >= 0.3 is 18.1 Å². The number of hydrogen-bond donors (Lipinski definition) is 2. The van der Waals surface area contributed by atoms with Gasteiger partial charge in [-0.3, -0.25) is 4.79 Å². The van der Waals surface area contributed by atoms with Gasteiger partial charge in [-0.25, -0.2) is 9.78 Å². The molecule has 0 amide bonds. The summed E-state index contributed by atoms with van der Waals surface area (Å²) in [7, 11) is 1.29. The number of carboxylic acids is 1. The first kappa shape index (κ1) is 24.8. The van der Waals surface area contributed by atoms with Crippen LogP contribution in [-0.2, 0) is 28.7 Å². The van der Waals surface area contributed by atoms with E-state index >= 15 is 0 Å². The molecule has 2 N–H and O–H groups in total. The molecule has 0 fully saturated rings. The van der Waals surface area contributed by atoms with E-state index in [4.69, 9.17) is 9.47 Å². The number of nitrogens with one attached hydrogen (secondary N) is 1. The Balaban J connectivity index is 1.78. The van der Waals surface area contributed by atoms with E-state index in [1.165, 1.54) is 7.11 Å². The summed E-state index contributed by atoms with van der Waals surface area (Å²) >= 11 is 0. The highest BCUT2D eigenvalue weighted by Crippen LogP contribution is 2.31. The highest BCUT2D eigenvalue weighted by Gasteiger charge is 2.32. The maximum absolute atomic E-state index is 12.9. The first-order valence-electron chi connectivity index (χ1n) is 10.4. The Bertz CT molecular complexity index is 1160. The van der Waals surface area contributed by atoms with Crippen molar-refractivity contribution in [1.82, 2.24) is 9.97 Å². The summed E-state index contributed by atoms with van der Waals surface area (Å²) in [6, 6.07) is 8.96. The van der Waals surface area contributed by atoms with Crippen molar-refractivity contribution in [3.05, 3.63) is 82.4 Å². The summed E-state index contributed by atoms with van der Waals surface area (Å²) in [6.07, 6.45) is -1.43. The number of carbonyl (C=O) groups excluding carboxylic acids is 1. The number of benzene rings is 2. The van der Waals surface area contributed by atoms with Crippen molar-refractivity contribution in [3.8, 4) is 5.75 Å². The zero-order valence-corrected chi connectivity index (χ0v) is 18.5. The highest BCUT2D eigenvalue weighted by atomic mass is 19.4. The van der Waals surface area contributed by atoms with Crippen molar-refractivity contribution in [1.29, 1.82) is 0 Å². The molecule has 0 spiro atoms. The molecule has 7 nitrogen and oxygen atoms in total. The molecule has 10 heteroatoms. The van der Waals surface area contributed by atoms with Crippen LogP contribution in [0, 0.1) is 0 Å². The maximum Gasteiger partial charge on any atom is 0.416 e. The van der Waals surface area contributed by atoms with Crippen LogP contribution in [0.4, 0.5) is 13.2 Å². The van der Waals surface area contributed by atoms with Gasteiger partial charge in [0.1, 0.15) is 24.1 Å². The molecule has 1 aromatic heterocycles. The SMILES string of the molecule is CCCc1ncc(C(C(=O)OC)c2ccc(OCc3ccc(C(F)(F)F)cc3C(=O)O)cc2)[nH]1. The number of carbonyl (C=O) groups is 2. The number of imidazole rings is 1. The Morgan fingerprint density at radius 1 is 1.15 bits per heavy atom. The molecular weight excluding hydrogens is 453 g/mol. The van der Waals surface area contributed by atoms with Crippen molar-refractivity contribution >= 4 is 11.9 Å². The van der Waals surface area contributed by atoms with E-state index in [1.807, 2.05) is 6.92 Å². The topological polar surface area (TPSA) is 102 Å². The minimum absolute atomic E-state index is 0.0953. The minimum Gasteiger partial charge on any atom is -0.489 e. The van der Waals surface area contributed by atoms with E-state index in [2.05, 4.69) is 9.97 Å². The van der Waals surface area contributed by atoms with E-state index in [9.17, 15) is 27.9 Å². The van der Waals surface area contributed by atoms with Crippen molar-refractivity contribution in [2.45, 2.75) is 38.5 Å². The summed E-state index contributed by atoms with van der Waals surface area (Å²) in [5, 5.41) is 9.29. The molecule has 1 unspecified atom stereocenters. The number of alkyl halides is 3. The molecule has 34 heavy (non-hydrogen) atoms. The molecule has 2 aromatic carbocycles. The summed E-state index contributed by atoms with van der Waals surface area (Å²) < 4.78 is 49.2. The van der Waals surface area contributed by atoms with Gasteiger partial charge < -0.3 is 19.6 Å². The maximum atomic E-state index is 12.9. The average Bonchev–Trinajstić information content (AvgIpc) is 3.26. The molecule has 0 radical (unpaired) electrons. The van der Waals surface area contributed by atoms with Crippen molar-refractivity contribution in [3.63, 3.8) is 0 Å². The van der Waals surface area contributed by atoms with Gasteiger partial charge in [-0.2, -0.15) is 13.2 Å². The summed E-state index contributed by atoms with van der Waals surface area (Å²) in [4.78, 5) is 31.3. The van der Waals surface area contributed by atoms with Crippen LogP contribution in [0.2, 0.25) is 0 Å². The number of esters is 1. The lowest BCUT2D eigenvalue weighted by molar-refractivity contribution is -0.141. The Kier molecular flexibility index (Phi) is 7.60. The fraction of sp³-hybridized carbons (Fsp3) is 0.292. The third-order valence-corrected chi connectivity index (χ3v) is 5.16. The van der Waals surface area contributed by atoms with Crippen LogP contribution < -0.4 is 4.74 Å². The van der Waals surface area contributed by atoms with E-state index in [0.29, 0.717) is 23.1 Å². The van der Waals surface area contributed by atoms with Gasteiger partial charge in [0.15, 0.2) is 0 Å². The van der Waals surface area contributed by atoms with Crippen LogP contribution in [0.5, 0.6) is 5.75 Å². The number of carboxylic acid groups (broad SMARTS) is 1. The number of H-pyrrole nitrogens is 1. The largest absolute Gasteiger partial charge is 0.489 e. The number of ether oxygens (including phenoxy) is 2. The fourth-order valence-corrected chi connectivity index (χ4v) is 3.44. The first-order valence-corrected chi connectivity index (χ1v) is 10.4. The lowest BCUT2D eigenvalue weighted by Gasteiger charge is -2.15. The zero-order chi connectivity index (χ0) is 24.9. The predicted molar refractivity (Wildman–Crippen MR) is 116 cm³/mol. The van der Waals surface area contributed by atoms with Gasteiger partial charge in [0, 0.05) is 18.2 Å². The molecule has 1 atom stereocenters. The first-order chi connectivity index (χ1) is 16.1. The summed E-state index contributed by atoms with van der Waals surface area (Å²) in [6.45, 7) is 1.77. The third kappa shape index (κ3) is 5.75. The molecule has 3 aromatic rings. The number of halogens is 3. The molecule has 3 rings (SSSR count). The molecule has 1 heterocycles. The number of methoxy groups -OCH3 is 1. The van der Waals surface area contributed by atoms with Gasteiger partial charge in [0.05, 0.1) is 23.9 Å². The lowest BCUT2D eigenvalue weighted by Crippen LogP contribution is -2.16. The second kappa shape index (κ2) is 10.4. The number of hydrogen-bond acceptors (Lipinski definition) is 5. The van der Waals surface area contributed by atoms with Crippen molar-refractivity contribution in [2.75, 3.05) is 7.11 Å². The number of aromatic carboxylic acids is 1. The fourth-order valence-electron chi connectivity index (χ4n) is 3.44. The van der Waals surface area contributed by atoms with E-state index < -0.39 is 35.2 Å². The molecule has 0 aliphatic rings. The Hall–Kier alpha value is -3.82. The number of nitrogens with zero attached hydrogens (tertiary/aromatic N) is 1. The molecule has 0 saturated heterocycles. The van der Waals surface area contributed by atoms with Crippen LogP contribution in [0.15, 0.2) is 48.7 Å². The minimum atomic E-state index is -4.65. The zero-order valence-electron chi connectivity index (χ0n) is 18.5. The molecule has 0 aliphatic heterocycles. The number of rotatable bonds is 9. The van der Waals surface area contributed by atoms with Gasteiger partial charge in [0.2, 0.25) is 0 Å². The number of aromatic nitrogens is 2. The number of aromatic amines is 1. The van der Waals surface area contributed by atoms with Crippen molar-refractivity contribution in [2.24, 2.45) is 0 Å². The van der Waals surface area contributed by atoms with Gasteiger partial charge in [0.25, 0.3) is 0 Å². The van der Waals surface area contributed by atoms with Gasteiger partial charge in [-0.15, -0.1) is 0 Å². The highest BCUT2D eigenvalue weighted by molar-refractivity contribution is 5.89. The van der Waals surface area contributed by atoms with Crippen LogP contribution >= 0.6 is 0 Å². The standard InChI is InChI=1S/C24H23F3N2O5/c1-3-4-20-28-12-19(29-20)21(23(32)33-2)14-6-9-17(10-7-14)34-13-15-5-8-16(24(25,26)27)11-18(15)22(30)31/h5-12,21H,3-4,13H2,1-2H3,(H,28,29)(H,30,31). The number of aryl methyl sites for hydroxylation is 1. The van der Waals surface area contributed by atoms with Gasteiger partial charge in [-0.05, 0) is 36.2 Å². The second-order valence-corrected chi connectivity index (χ2v) is 7.52.